The minimum atomic E-state index is -0.419. The second kappa shape index (κ2) is 5.78. The van der Waals surface area contributed by atoms with Gasteiger partial charge in [0.1, 0.15) is 5.82 Å². The highest BCUT2D eigenvalue weighted by Crippen LogP contribution is 2.26. The van der Waals surface area contributed by atoms with Gasteiger partial charge >= 0.3 is 0 Å². The van der Waals surface area contributed by atoms with Crippen LogP contribution in [-0.2, 0) is 6.54 Å². The monoisotopic (exact) mass is 307 g/mol. The normalized spacial score (nSPS) is 14.9. The second-order valence-electron chi connectivity index (χ2n) is 5.88. The lowest BCUT2D eigenvalue weighted by molar-refractivity contribution is 0.623. The lowest BCUT2D eigenvalue weighted by atomic mass is 10.1. The highest BCUT2D eigenvalue weighted by Gasteiger charge is 2.22. The zero-order valence-electron chi connectivity index (χ0n) is 12.2. The Balaban J connectivity index is 1.94. The smallest absolute Gasteiger partial charge is 0.143 e. The fraction of sp³-hybridized carbons (Fsp3) is 0.438. The molecule has 0 radical (unpaired) electrons. The van der Waals surface area contributed by atoms with E-state index < -0.39 is 5.82 Å². The summed E-state index contributed by atoms with van der Waals surface area (Å²) in [5, 5.41) is 8.08. The van der Waals surface area contributed by atoms with Crippen molar-refractivity contribution in [1.82, 2.24) is 15.1 Å². The van der Waals surface area contributed by atoms with E-state index in [2.05, 4.69) is 24.3 Å². The van der Waals surface area contributed by atoms with E-state index in [4.69, 9.17) is 11.6 Å². The Morgan fingerprint density at radius 3 is 2.81 bits per heavy atom. The zero-order valence-corrected chi connectivity index (χ0v) is 13.0. The molecule has 0 atom stereocenters. The fourth-order valence-electron chi connectivity index (χ4n) is 2.51. The molecule has 1 N–H and O–H groups in total. The Bertz CT molecular complexity index is 647. The third-order valence-corrected chi connectivity index (χ3v) is 4.05. The number of hydrogen-bond acceptors (Lipinski definition) is 2. The number of hydrogen-bond donors (Lipinski definition) is 1. The molecule has 3 rings (SSSR count). The van der Waals surface area contributed by atoms with Gasteiger partial charge in [-0.15, -0.1) is 0 Å². The molecule has 1 heterocycles. The van der Waals surface area contributed by atoms with Crippen LogP contribution in [0.1, 0.15) is 43.9 Å². The van der Waals surface area contributed by atoms with E-state index in [-0.39, 0.29) is 5.02 Å². The molecule has 1 aromatic heterocycles. The summed E-state index contributed by atoms with van der Waals surface area (Å²) in [7, 11) is 0. The predicted molar refractivity (Wildman–Crippen MR) is 82.5 cm³/mol. The van der Waals surface area contributed by atoms with Crippen LogP contribution in [0.25, 0.3) is 5.69 Å². The molecule has 0 aliphatic heterocycles. The molecule has 0 spiro atoms. The molecule has 0 unspecified atom stereocenters. The van der Waals surface area contributed by atoms with Crippen molar-refractivity contribution in [3.8, 4) is 5.69 Å². The molecular formula is C16H19ClFN3. The summed E-state index contributed by atoms with van der Waals surface area (Å²) in [6.07, 6.45) is 4.39. The molecule has 1 saturated carbocycles. The molecule has 0 amide bonds. The van der Waals surface area contributed by atoms with E-state index in [1.807, 2.05) is 10.9 Å². The van der Waals surface area contributed by atoms with Crippen LogP contribution < -0.4 is 5.32 Å². The molecule has 5 heteroatoms. The quantitative estimate of drug-likeness (QED) is 0.903. The van der Waals surface area contributed by atoms with E-state index in [9.17, 15) is 4.39 Å². The van der Waals surface area contributed by atoms with Crippen LogP contribution in [0.15, 0.2) is 24.4 Å². The van der Waals surface area contributed by atoms with Crippen molar-refractivity contribution in [1.29, 1.82) is 0 Å². The van der Waals surface area contributed by atoms with E-state index in [1.165, 1.54) is 24.5 Å². The van der Waals surface area contributed by atoms with Crippen LogP contribution in [0.2, 0.25) is 5.02 Å². The summed E-state index contributed by atoms with van der Waals surface area (Å²) in [6.45, 7) is 5.06. The van der Waals surface area contributed by atoms with Gasteiger partial charge in [0, 0.05) is 24.2 Å². The maximum atomic E-state index is 13.7. The Labute approximate surface area is 129 Å². The number of benzene rings is 1. The van der Waals surface area contributed by atoms with E-state index >= 15 is 0 Å². The minimum Gasteiger partial charge on any atom is -0.310 e. The van der Waals surface area contributed by atoms with Crippen LogP contribution in [0, 0.1) is 5.82 Å². The summed E-state index contributed by atoms with van der Waals surface area (Å²) in [5.74, 6) is -0.112. The number of nitrogens with one attached hydrogen (secondary N) is 1. The zero-order chi connectivity index (χ0) is 15.0. The fourth-order valence-corrected chi connectivity index (χ4v) is 2.63. The maximum Gasteiger partial charge on any atom is 0.143 e. The van der Waals surface area contributed by atoms with Gasteiger partial charge in [-0.3, -0.25) is 0 Å². The lowest BCUT2D eigenvalue weighted by Crippen LogP contribution is -2.17. The first-order valence-corrected chi connectivity index (χ1v) is 7.69. The van der Waals surface area contributed by atoms with Crippen LogP contribution in [0.3, 0.4) is 0 Å². The van der Waals surface area contributed by atoms with Crippen LogP contribution in [-0.4, -0.2) is 15.8 Å². The van der Waals surface area contributed by atoms with Gasteiger partial charge in [-0.1, -0.05) is 25.4 Å². The summed E-state index contributed by atoms with van der Waals surface area (Å²) in [5.41, 5.74) is 3.00. The van der Waals surface area contributed by atoms with Gasteiger partial charge < -0.3 is 5.32 Å². The van der Waals surface area contributed by atoms with E-state index in [1.54, 1.807) is 12.1 Å². The number of aromatic nitrogens is 2. The summed E-state index contributed by atoms with van der Waals surface area (Å²) < 4.78 is 15.5. The maximum absolute atomic E-state index is 13.7. The Morgan fingerprint density at radius 2 is 2.19 bits per heavy atom. The molecule has 1 fully saturated rings. The van der Waals surface area contributed by atoms with Gasteiger partial charge in [0.2, 0.25) is 0 Å². The first kappa shape index (κ1) is 14.5. The van der Waals surface area contributed by atoms with E-state index in [0.717, 1.165) is 12.2 Å². The molecule has 0 saturated heterocycles. The van der Waals surface area contributed by atoms with Gasteiger partial charge in [0.15, 0.2) is 0 Å². The van der Waals surface area contributed by atoms with Crippen molar-refractivity contribution in [2.45, 2.75) is 45.2 Å². The van der Waals surface area contributed by atoms with Crippen molar-refractivity contribution >= 4 is 11.6 Å². The molecule has 0 bridgehead atoms. The molecule has 1 aliphatic rings. The third-order valence-electron chi connectivity index (χ3n) is 3.74. The second-order valence-corrected chi connectivity index (χ2v) is 6.28. The average Bonchev–Trinajstić information content (AvgIpc) is 3.17. The van der Waals surface area contributed by atoms with Gasteiger partial charge in [-0.2, -0.15) is 5.10 Å². The van der Waals surface area contributed by atoms with Crippen molar-refractivity contribution in [2.24, 2.45) is 0 Å². The average molecular weight is 308 g/mol. The molecule has 3 nitrogen and oxygen atoms in total. The molecule has 1 aliphatic carbocycles. The number of rotatable bonds is 5. The highest BCUT2D eigenvalue weighted by atomic mass is 35.5. The lowest BCUT2D eigenvalue weighted by Gasteiger charge is -2.13. The first-order valence-electron chi connectivity index (χ1n) is 7.32. The Hall–Kier alpha value is -1.39. The van der Waals surface area contributed by atoms with Gasteiger partial charge in [0.25, 0.3) is 0 Å². The largest absolute Gasteiger partial charge is 0.310 e. The third kappa shape index (κ3) is 3.11. The van der Waals surface area contributed by atoms with Crippen molar-refractivity contribution < 1.29 is 4.39 Å². The van der Waals surface area contributed by atoms with Crippen molar-refractivity contribution in [2.75, 3.05) is 0 Å². The van der Waals surface area contributed by atoms with Crippen LogP contribution in [0.5, 0.6) is 0 Å². The number of nitrogens with zero attached hydrogens (tertiary/aromatic N) is 2. The van der Waals surface area contributed by atoms with E-state index in [0.29, 0.717) is 17.6 Å². The SMILES string of the molecule is CC(C)c1c(CNC2CC2)cnn1-c1ccc(Cl)c(F)c1. The first-order chi connectivity index (χ1) is 10.1. The molecule has 112 valence electrons. The minimum absolute atomic E-state index is 0.132. The van der Waals surface area contributed by atoms with Gasteiger partial charge in [-0.25, -0.2) is 9.07 Å². The molecular weight excluding hydrogens is 289 g/mol. The summed E-state index contributed by atoms with van der Waals surface area (Å²) >= 11 is 5.75. The highest BCUT2D eigenvalue weighted by molar-refractivity contribution is 6.30. The summed E-state index contributed by atoms with van der Waals surface area (Å²) in [6, 6.07) is 5.45. The van der Waals surface area contributed by atoms with Crippen molar-refractivity contribution in [3.63, 3.8) is 0 Å². The topological polar surface area (TPSA) is 29.9 Å². The molecule has 21 heavy (non-hydrogen) atoms. The Morgan fingerprint density at radius 1 is 1.43 bits per heavy atom. The molecule has 2 aromatic rings. The van der Waals surface area contributed by atoms with Crippen molar-refractivity contribution in [3.05, 3.63) is 46.5 Å². The predicted octanol–water partition coefficient (Wildman–Crippen LogP) is 4.04. The van der Waals surface area contributed by atoms with Crippen LogP contribution in [0.4, 0.5) is 4.39 Å². The van der Waals surface area contributed by atoms with Crippen LogP contribution >= 0.6 is 11.6 Å². The summed E-state index contributed by atoms with van der Waals surface area (Å²) in [4.78, 5) is 0. The standard InChI is InChI=1S/C16H19ClFN3/c1-10(2)16-11(8-19-12-3-4-12)9-20-21(16)13-5-6-14(17)15(18)7-13/h5-7,9-10,12,19H,3-4,8H2,1-2H3. The molecule has 1 aromatic carbocycles. The van der Waals surface area contributed by atoms with Gasteiger partial charge in [0.05, 0.1) is 22.6 Å². The number of halogens is 2. The van der Waals surface area contributed by atoms with Gasteiger partial charge in [-0.05, 0) is 30.9 Å². The Kier molecular flexibility index (Phi) is 4.00.